The summed E-state index contributed by atoms with van der Waals surface area (Å²) in [4.78, 5) is 4.39. The Kier molecular flexibility index (Phi) is 4.92. The monoisotopic (exact) mass is 317 g/mol. The van der Waals surface area contributed by atoms with Crippen LogP contribution in [0.2, 0.25) is 0 Å². The van der Waals surface area contributed by atoms with Crippen LogP contribution in [0.3, 0.4) is 0 Å². The highest BCUT2D eigenvalue weighted by atomic mass is 16.5. The fraction of sp³-hybridized carbons (Fsp3) is 0.0952. The van der Waals surface area contributed by atoms with Gasteiger partial charge in [0.25, 0.3) is 0 Å². The number of hydrogen-bond acceptors (Lipinski definition) is 3. The summed E-state index contributed by atoms with van der Waals surface area (Å²) in [5.74, 6) is 1.41. The molecule has 0 saturated heterocycles. The van der Waals surface area contributed by atoms with Crippen molar-refractivity contribution in [3.63, 3.8) is 0 Å². The Morgan fingerprint density at radius 2 is 1.79 bits per heavy atom. The van der Waals surface area contributed by atoms with E-state index in [0.29, 0.717) is 12.5 Å². The van der Waals surface area contributed by atoms with E-state index in [-0.39, 0.29) is 0 Å². The van der Waals surface area contributed by atoms with Crippen LogP contribution in [-0.2, 0) is 6.61 Å². The lowest BCUT2D eigenvalue weighted by atomic mass is 10.0. The minimum Gasteiger partial charge on any atom is -0.496 e. The van der Waals surface area contributed by atoms with E-state index in [1.165, 1.54) is 0 Å². The van der Waals surface area contributed by atoms with Gasteiger partial charge in [0.1, 0.15) is 12.4 Å². The lowest BCUT2D eigenvalue weighted by molar-refractivity contribution is 0.294. The van der Waals surface area contributed by atoms with E-state index in [4.69, 9.17) is 9.47 Å². The van der Waals surface area contributed by atoms with Crippen molar-refractivity contribution < 1.29 is 9.47 Å². The highest BCUT2D eigenvalue weighted by Crippen LogP contribution is 2.28. The van der Waals surface area contributed by atoms with Crippen LogP contribution in [0.15, 0.2) is 73.4 Å². The van der Waals surface area contributed by atoms with Gasteiger partial charge < -0.3 is 9.47 Å². The van der Waals surface area contributed by atoms with Gasteiger partial charge in [-0.2, -0.15) is 0 Å². The molecule has 120 valence electrons. The molecule has 0 aliphatic carbocycles. The zero-order valence-corrected chi connectivity index (χ0v) is 13.6. The molecule has 2 aromatic carbocycles. The summed E-state index contributed by atoms with van der Waals surface area (Å²) in [6.07, 6.45) is 3.59. The molecule has 0 bridgehead atoms. The Bertz CT molecular complexity index is 811. The zero-order valence-electron chi connectivity index (χ0n) is 13.6. The average molecular weight is 317 g/mol. The molecule has 0 aliphatic heterocycles. The van der Waals surface area contributed by atoms with Crippen molar-refractivity contribution in [2.75, 3.05) is 7.11 Å². The normalized spacial score (nSPS) is 10.2. The molecule has 0 unspecified atom stereocenters. The van der Waals surface area contributed by atoms with Crippen LogP contribution in [0.5, 0.6) is 11.6 Å². The molecule has 0 radical (unpaired) electrons. The van der Waals surface area contributed by atoms with E-state index < -0.39 is 0 Å². The SMILES string of the molecule is C=Cc1ccc(-c2ccc(OCc3ccccc3)nc2)cc1OC. The number of rotatable bonds is 6. The number of hydrogen-bond donors (Lipinski definition) is 0. The van der Waals surface area contributed by atoms with Crippen molar-refractivity contribution in [3.8, 4) is 22.8 Å². The van der Waals surface area contributed by atoms with E-state index in [1.54, 1.807) is 13.2 Å². The summed E-state index contributed by atoms with van der Waals surface area (Å²) in [6, 6.07) is 19.9. The number of pyridine rings is 1. The Morgan fingerprint density at radius 1 is 1.00 bits per heavy atom. The van der Waals surface area contributed by atoms with E-state index in [9.17, 15) is 0 Å². The van der Waals surface area contributed by atoms with Gasteiger partial charge in [-0.1, -0.05) is 55.1 Å². The Hall–Kier alpha value is -3.07. The molecule has 0 saturated carbocycles. The average Bonchev–Trinajstić information content (AvgIpc) is 2.67. The molecule has 3 heteroatoms. The fourth-order valence-electron chi connectivity index (χ4n) is 2.43. The number of methoxy groups -OCH3 is 1. The second-order valence-corrected chi connectivity index (χ2v) is 5.32. The second kappa shape index (κ2) is 7.47. The highest BCUT2D eigenvalue weighted by molar-refractivity contribution is 5.69. The van der Waals surface area contributed by atoms with E-state index in [0.717, 1.165) is 28.0 Å². The lowest BCUT2D eigenvalue weighted by Gasteiger charge is -2.09. The molecule has 3 rings (SSSR count). The zero-order chi connectivity index (χ0) is 16.8. The van der Waals surface area contributed by atoms with Crippen LogP contribution >= 0.6 is 0 Å². The number of nitrogens with zero attached hydrogens (tertiary/aromatic N) is 1. The summed E-state index contributed by atoms with van der Waals surface area (Å²) in [6.45, 7) is 4.30. The molecule has 3 nitrogen and oxygen atoms in total. The Balaban J connectivity index is 1.73. The third-order valence-electron chi connectivity index (χ3n) is 3.75. The van der Waals surface area contributed by atoms with Gasteiger partial charge in [0, 0.05) is 23.4 Å². The standard InChI is InChI=1S/C21H19NO2/c1-3-17-9-10-18(13-20(17)23-2)19-11-12-21(22-14-19)24-15-16-7-5-4-6-8-16/h3-14H,1,15H2,2H3. The van der Waals surface area contributed by atoms with Crippen LogP contribution in [0.1, 0.15) is 11.1 Å². The molecular formula is C21H19NO2. The van der Waals surface area contributed by atoms with Gasteiger partial charge in [-0.15, -0.1) is 0 Å². The van der Waals surface area contributed by atoms with Gasteiger partial charge in [-0.25, -0.2) is 4.98 Å². The van der Waals surface area contributed by atoms with Crippen LogP contribution in [0, 0.1) is 0 Å². The summed E-state index contributed by atoms with van der Waals surface area (Å²) in [5, 5.41) is 0. The maximum atomic E-state index is 5.72. The molecule has 0 amide bonds. The molecule has 24 heavy (non-hydrogen) atoms. The smallest absolute Gasteiger partial charge is 0.213 e. The third kappa shape index (κ3) is 3.63. The minimum absolute atomic E-state index is 0.509. The third-order valence-corrected chi connectivity index (χ3v) is 3.75. The number of aromatic nitrogens is 1. The Labute approximate surface area is 142 Å². The lowest BCUT2D eigenvalue weighted by Crippen LogP contribution is -1.96. The second-order valence-electron chi connectivity index (χ2n) is 5.32. The van der Waals surface area contributed by atoms with Gasteiger partial charge in [0.15, 0.2) is 0 Å². The highest BCUT2D eigenvalue weighted by Gasteiger charge is 2.05. The largest absolute Gasteiger partial charge is 0.496 e. The van der Waals surface area contributed by atoms with Crippen LogP contribution < -0.4 is 9.47 Å². The van der Waals surface area contributed by atoms with E-state index >= 15 is 0 Å². The maximum Gasteiger partial charge on any atom is 0.213 e. The molecule has 0 atom stereocenters. The first kappa shape index (κ1) is 15.8. The predicted octanol–water partition coefficient (Wildman–Crippen LogP) is 4.98. The molecule has 0 aliphatic rings. The van der Waals surface area contributed by atoms with Crippen molar-refractivity contribution in [1.29, 1.82) is 0 Å². The fourth-order valence-corrected chi connectivity index (χ4v) is 2.43. The van der Waals surface area contributed by atoms with E-state index in [1.807, 2.05) is 66.9 Å². The van der Waals surface area contributed by atoms with Crippen LogP contribution in [0.25, 0.3) is 17.2 Å². The summed E-state index contributed by atoms with van der Waals surface area (Å²) in [7, 11) is 1.66. The summed E-state index contributed by atoms with van der Waals surface area (Å²) in [5.41, 5.74) is 4.14. The maximum absolute atomic E-state index is 5.72. The molecular weight excluding hydrogens is 298 g/mol. The summed E-state index contributed by atoms with van der Waals surface area (Å²) < 4.78 is 11.1. The molecule has 0 fully saturated rings. The topological polar surface area (TPSA) is 31.4 Å². The number of ether oxygens (including phenoxy) is 2. The van der Waals surface area contributed by atoms with Gasteiger partial charge in [-0.05, 0) is 23.3 Å². The van der Waals surface area contributed by atoms with E-state index in [2.05, 4.69) is 11.6 Å². The molecule has 1 heterocycles. The van der Waals surface area contributed by atoms with Crippen molar-refractivity contribution in [1.82, 2.24) is 4.98 Å². The molecule has 0 N–H and O–H groups in total. The van der Waals surface area contributed by atoms with Crippen molar-refractivity contribution in [2.45, 2.75) is 6.61 Å². The van der Waals surface area contributed by atoms with Gasteiger partial charge in [0.2, 0.25) is 5.88 Å². The van der Waals surface area contributed by atoms with Gasteiger partial charge >= 0.3 is 0 Å². The van der Waals surface area contributed by atoms with Crippen molar-refractivity contribution in [2.24, 2.45) is 0 Å². The van der Waals surface area contributed by atoms with Crippen molar-refractivity contribution in [3.05, 3.63) is 84.6 Å². The number of benzene rings is 2. The summed E-state index contributed by atoms with van der Waals surface area (Å²) >= 11 is 0. The quantitative estimate of drug-likeness (QED) is 0.642. The van der Waals surface area contributed by atoms with Gasteiger partial charge in [-0.3, -0.25) is 0 Å². The van der Waals surface area contributed by atoms with Gasteiger partial charge in [0.05, 0.1) is 7.11 Å². The van der Waals surface area contributed by atoms with Crippen LogP contribution in [-0.4, -0.2) is 12.1 Å². The first-order chi connectivity index (χ1) is 11.8. The first-order valence-corrected chi connectivity index (χ1v) is 7.74. The minimum atomic E-state index is 0.509. The molecule has 1 aromatic heterocycles. The first-order valence-electron chi connectivity index (χ1n) is 7.74. The van der Waals surface area contributed by atoms with Crippen molar-refractivity contribution >= 4 is 6.08 Å². The Morgan fingerprint density at radius 3 is 2.46 bits per heavy atom. The predicted molar refractivity (Wildman–Crippen MR) is 97.1 cm³/mol. The van der Waals surface area contributed by atoms with Crippen LogP contribution in [0.4, 0.5) is 0 Å². The molecule has 0 spiro atoms. The molecule has 3 aromatic rings.